The molecule has 0 amide bonds. The molecule has 3 aromatic carbocycles. The van der Waals surface area contributed by atoms with E-state index in [-0.39, 0.29) is 34.5 Å². The summed E-state index contributed by atoms with van der Waals surface area (Å²) < 4.78 is 0. The first kappa shape index (κ1) is 21.5. The van der Waals surface area contributed by atoms with Crippen molar-refractivity contribution in [1.82, 2.24) is 0 Å². The fourth-order valence-electron chi connectivity index (χ4n) is 2.03. The molecule has 0 spiro atoms. The van der Waals surface area contributed by atoms with E-state index in [9.17, 15) is 0 Å². The first-order chi connectivity index (χ1) is 12.8. The molecule has 0 atom stereocenters. The van der Waals surface area contributed by atoms with Crippen molar-refractivity contribution in [3.63, 3.8) is 0 Å². The molecule has 0 bridgehead atoms. The van der Waals surface area contributed by atoms with E-state index in [0.717, 1.165) is 0 Å². The van der Waals surface area contributed by atoms with E-state index in [1.54, 1.807) is 37.3 Å². The Morgan fingerprint density at radius 2 is 0.963 bits per heavy atom. The topological polar surface area (TPSA) is 121 Å². The number of phenolic OH excluding ortho intramolecular Hbond substituents is 6. The highest BCUT2D eigenvalue weighted by molar-refractivity contribution is 5.42. The minimum absolute atomic E-state index is 0.0880. The Kier molecular flexibility index (Phi) is 8.32. The molecule has 3 rings (SSSR count). The number of benzene rings is 3. The predicted molar refractivity (Wildman–Crippen MR) is 103 cm³/mol. The van der Waals surface area contributed by atoms with E-state index >= 15 is 0 Å². The van der Waals surface area contributed by atoms with Gasteiger partial charge in [-0.15, -0.1) is 0 Å². The van der Waals surface area contributed by atoms with Gasteiger partial charge in [-0.3, -0.25) is 0 Å². The van der Waals surface area contributed by atoms with Gasteiger partial charge in [0.1, 0.15) is 34.5 Å². The normalized spacial score (nSPS) is 9.41. The first-order valence-electron chi connectivity index (χ1n) is 8.21. The SMILES string of the molecule is CCc1c(O)cccc1O.Cc1c(O)cccc1O.Oc1cccc(O)c1. The minimum atomic E-state index is 0.0880. The van der Waals surface area contributed by atoms with E-state index in [2.05, 4.69) is 0 Å². The second-order valence-electron chi connectivity index (χ2n) is 5.57. The Morgan fingerprint density at radius 3 is 1.22 bits per heavy atom. The molecule has 6 nitrogen and oxygen atoms in total. The summed E-state index contributed by atoms with van der Waals surface area (Å²) in [6.45, 7) is 3.54. The summed E-state index contributed by atoms with van der Waals surface area (Å²) in [5.41, 5.74) is 1.14. The Morgan fingerprint density at radius 1 is 0.593 bits per heavy atom. The van der Waals surface area contributed by atoms with Crippen molar-refractivity contribution in [1.29, 1.82) is 0 Å². The molecule has 6 N–H and O–H groups in total. The van der Waals surface area contributed by atoms with Gasteiger partial charge in [-0.05, 0) is 49.7 Å². The van der Waals surface area contributed by atoms with Crippen LogP contribution in [0.15, 0.2) is 60.7 Å². The van der Waals surface area contributed by atoms with Crippen molar-refractivity contribution >= 4 is 0 Å². The zero-order valence-electron chi connectivity index (χ0n) is 15.2. The van der Waals surface area contributed by atoms with Gasteiger partial charge in [0.2, 0.25) is 0 Å². The summed E-state index contributed by atoms with van der Waals surface area (Å²) in [4.78, 5) is 0. The van der Waals surface area contributed by atoms with Crippen LogP contribution in [0.3, 0.4) is 0 Å². The summed E-state index contributed by atoms with van der Waals surface area (Å²) in [6.07, 6.45) is 0.651. The third-order valence-electron chi connectivity index (χ3n) is 3.59. The molecule has 6 heteroatoms. The van der Waals surface area contributed by atoms with Gasteiger partial charge in [0.05, 0.1) is 0 Å². The summed E-state index contributed by atoms with van der Waals surface area (Å²) in [5, 5.41) is 53.4. The highest BCUT2D eigenvalue weighted by Gasteiger charge is 2.01. The van der Waals surface area contributed by atoms with Crippen molar-refractivity contribution in [2.24, 2.45) is 0 Å². The van der Waals surface area contributed by atoms with E-state index < -0.39 is 0 Å². The summed E-state index contributed by atoms with van der Waals surface area (Å²) in [5.74, 6) is 0.782. The largest absolute Gasteiger partial charge is 0.508 e. The van der Waals surface area contributed by atoms with E-state index in [1.807, 2.05) is 6.92 Å². The van der Waals surface area contributed by atoms with E-state index in [4.69, 9.17) is 30.6 Å². The number of hydrogen-bond acceptors (Lipinski definition) is 6. The average molecular weight is 372 g/mol. The van der Waals surface area contributed by atoms with Crippen LogP contribution in [-0.4, -0.2) is 30.6 Å². The van der Waals surface area contributed by atoms with Crippen molar-refractivity contribution in [2.75, 3.05) is 0 Å². The molecule has 27 heavy (non-hydrogen) atoms. The van der Waals surface area contributed by atoms with Crippen LogP contribution in [-0.2, 0) is 6.42 Å². The Bertz CT molecular complexity index is 803. The Balaban J connectivity index is 0.000000204. The monoisotopic (exact) mass is 372 g/mol. The second kappa shape index (κ2) is 10.5. The molecule has 0 saturated carbocycles. The quantitative estimate of drug-likeness (QED) is 0.381. The van der Waals surface area contributed by atoms with Crippen LogP contribution in [0, 0.1) is 6.92 Å². The standard InChI is InChI=1S/C8H10O2.C7H8O2.C6H6O2/c1-2-6-7(9)4-3-5-8(6)10;1-5-6(8)3-2-4-7(5)9;7-5-2-1-3-6(8)4-5/h3-5,9-10H,2H2,1H3;2-4,8-9H,1H3;1-4,7-8H. The van der Waals surface area contributed by atoms with Gasteiger partial charge in [0.25, 0.3) is 0 Å². The predicted octanol–water partition coefficient (Wildman–Crippen LogP) is 4.16. The molecule has 0 aliphatic carbocycles. The maximum absolute atomic E-state index is 9.13. The average Bonchev–Trinajstić information content (AvgIpc) is 2.61. The molecule has 0 aliphatic rings. The zero-order valence-corrected chi connectivity index (χ0v) is 15.2. The van der Waals surface area contributed by atoms with Gasteiger partial charge in [-0.25, -0.2) is 0 Å². The molecule has 144 valence electrons. The van der Waals surface area contributed by atoms with Gasteiger partial charge >= 0.3 is 0 Å². The van der Waals surface area contributed by atoms with Crippen LogP contribution in [0.1, 0.15) is 18.1 Å². The number of aromatic hydroxyl groups is 6. The Labute approximate surface area is 157 Å². The third kappa shape index (κ3) is 7.07. The number of phenols is 6. The lowest BCUT2D eigenvalue weighted by atomic mass is 10.1. The molecule has 0 radical (unpaired) electrons. The number of hydrogen-bond donors (Lipinski definition) is 6. The van der Waals surface area contributed by atoms with Crippen LogP contribution in [0.5, 0.6) is 34.5 Å². The van der Waals surface area contributed by atoms with Crippen molar-refractivity contribution in [3.05, 3.63) is 71.8 Å². The molecule has 0 saturated heterocycles. The van der Waals surface area contributed by atoms with Gasteiger partial charge in [0.15, 0.2) is 0 Å². The van der Waals surface area contributed by atoms with Gasteiger partial charge in [0, 0.05) is 17.2 Å². The van der Waals surface area contributed by atoms with Crippen molar-refractivity contribution in [2.45, 2.75) is 20.3 Å². The molecule has 0 heterocycles. The highest BCUT2D eigenvalue weighted by Crippen LogP contribution is 2.26. The molecule has 0 fully saturated rings. The van der Waals surface area contributed by atoms with Crippen LogP contribution in [0.4, 0.5) is 0 Å². The van der Waals surface area contributed by atoms with Gasteiger partial charge < -0.3 is 30.6 Å². The van der Waals surface area contributed by atoms with Crippen molar-refractivity contribution in [3.8, 4) is 34.5 Å². The molecular weight excluding hydrogens is 348 g/mol. The number of rotatable bonds is 1. The Hall–Kier alpha value is -3.54. The lowest BCUT2D eigenvalue weighted by Gasteiger charge is -2.01. The maximum atomic E-state index is 9.13. The molecule has 0 aromatic heterocycles. The first-order valence-corrected chi connectivity index (χ1v) is 8.21. The second-order valence-corrected chi connectivity index (χ2v) is 5.57. The fraction of sp³-hybridized carbons (Fsp3) is 0.143. The molecule has 3 aromatic rings. The minimum Gasteiger partial charge on any atom is -0.508 e. The van der Waals surface area contributed by atoms with E-state index in [1.165, 1.54) is 30.3 Å². The third-order valence-corrected chi connectivity index (χ3v) is 3.59. The molecular formula is C21H24O6. The highest BCUT2D eigenvalue weighted by atomic mass is 16.3. The van der Waals surface area contributed by atoms with Gasteiger partial charge in [-0.2, -0.15) is 0 Å². The summed E-state index contributed by atoms with van der Waals surface area (Å²) >= 11 is 0. The zero-order chi connectivity index (χ0) is 20.4. The fourth-order valence-corrected chi connectivity index (χ4v) is 2.03. The lowest BCUT2D eigenvalue weighted by Crippen LogP contribution is -1.81. The lowest BCUT2D eigenvalue weighted by molar-refractivity contribution is 0.439. The van der Waals surface area contributed by atoms with E-state index in [0.29, 0.717) is 17.5 Å². The van der Waals surface area contributed by atoms with Crippen LogP contribution >= 0.6 is 0 Å². The van der Waals surface area contributed by atoms with Crippen LogP contribution < -0.4 is 0 Å². The summed E-state index contributed by atoms with van der Waals surface area (Å²) in [7, 11) is 0. The molecule has 0 unspecified atom stereocenters. The van der Waals surface area contributed by atoms with Gasteiger partial charge in [-0.1, -0.05) is 25.1 Å². The van der Waals surface area contributed by atoms with Crippen LogP contribution in [0.2, 0.25) is 0 Å². The van der Waals surface area contributed by atoms with Crippen LogP contribution in [0.25, 0.3) is 0 Å². The van der Waals surface area contributed by atoms with Crippen molar-refractivity contribution < 1.29 is 30.6 Å². The molecule has 0 aliphatic heterocycles. The summed E-state index contributed by atoms with van der Waals surface area (Å²) in [6, 6.07) is 15.3. The smallest absolute Gasteiger partial charge is 0.122 e. The maximum Gasteiger partial charge on any atom is 0.122 e.